The highest BCUT2D eigenvalue weighted by molar-refractivity contribution is 6.30. The van der Waals surface area contributed by atoms with Crippen molar-refractivity contribution in [1.82, 2.24) is 0 Å². The molecule has 3 aromatic carbocycles. The summed E-state index contributed by atoms with van der Waals surface area (Å²) in [7, 11) is 0. The number of carboxylic acid groups (broad SMARTS) is 1. The quantitative estimate of drug-likeness (QED) is 0.602. The lowest BCUT2D eigenvalue weighted by Gasteiger charge is -2.27. The maximum atomic E-state index is 11.9. The molecule has 4 nitrogen and oxygen atoms in total. The molecule has 0 heterocycles. The molecule has 1 N–H and O–H groups in total. The SMILES string of the molecule is CC(Oc1ccc(Cl)cc1)(C(=O)O)c1ccc(OCc2ccccc2)cc1. The fraction of sp³-hybridized carbons (Fsp3) is 0.136. The van der Waals surface area contributed by atoms with Crippen molar-refractivity contribution in [2.75, 3.05) is 0 Å². The van der Waals surface area contributed by atoms with Gasteiger partial charge in [-0.3, -0.25) is 0 Å². The Labute approximate surface area is 162 Å². The van der Waals surface area contributed by atoms with Crippen LogP contribution in [0, 0.1) is 0 Å². The second-order valence-electron chi connectivity index (χ2n) is 6.19. The molecule has 138 valence electrons. The molecule has 0 amide bonds. The first-order valence-corrected chi connectivity index (χ1v) is 8.80. The number of benzene rings is 3. The maximum absolute atomic E-state index is 11.9. The van der Waals surface area contributed by atoms with Crippen molar-refractivity contribution in [3.63, 3.8) is 0 Å². The molecule has 0 radical (unpaired) electrons. The molecular formula is C22H19ClO4. The Morgan fingerprint density at radius 1 is 0.926 bits per heavy atom. The highest BCUT2D eigenvalue weighted by Gasteiger charge is 2.38. The van der Waals surface area contributed by atoms with E-state index in [2.05, 4.69) is 0 Å². The Hall–Kier alpha value is -2.98. The molecule has 0 aliphatic heterocycles. The van der Waals surface area contributed by atoms with E-state index in [1.165, 1.54) is 6.92 Å². The third kappa shape index (κ3) is 4.60. The van der Waals surface area contributed by atoms with E-state index in [0.717, 1.165) is 5.56 Å². The fourth-order valence-electron chi connectivity index (χ4n) is 2.57. The van der Waals surface area contributed by atoms with Crippen molar-refractivity contribution in [2.24, 2.45) is 0 Å². The lowest BCUT2D eigenvalue weighted by molar-refractivity contribution is -0.154. The normalized spacial score (nSPS) is 12.8. The second-order valence-corrected chi connectivity index (χ2v) is 6.63. The molecule has 3 aromatic rings. The molecule has 0 bridgehead atoms. The van der Waals surface area contributed by atoms with Gasteiger partial charge in [-0.1, -0.05) is 54.1 Å². The van der Waals surface area contributed by atoms with Gasteiger partial charge in [0.25, 0.3) is 0 Å². The van der Waals surface area contributed by atoms with Crippen LogP contribution in [0.2, 0.25) is 5.02 Å². The van der Waals surface area contributed by atoms with Gasteiger partial charge in [0.15, 0.2) is 0 Å². The standard InChI is InChI=1S/C22H19ClO4/c1-22(21(24)25,27-20-13-9-18(23)10-14-20)17-7-11-19(12-8-17)26-15-16-5-3-2-4-6-16/h2-14H,15H2,1H3,(H,24,25). The predicted octanol–water partition coefficient (Wildman–Crippen LogP) is 5.30. The van der Waals surface area contributed by atoms with Gasteiger partial charge in [-0.15, -0.1) is 0 Å². The molecule has 0 spiro atoms. The number of hydrogen-bond donors (Lipinski definition) is 1. The summed E-state index contributed by atoms with van der Waals surface area (Å²) in [5.74, 6) is -0.00839. The predicted molar refractivity (Wildman–Crippen MR) is 104 cm³/mol. The van der Waals surface area contributed by atoms with Crippen LogP contribution >= 0.6 is 11.6 Å². The summed E-state index contributed by atoms with van der Waals surface area (Å²) in [4.78, 5) is 11.9. The van der Waals surface area contributed by atoms with Crippen molar-refractivity contribution in [1.29, 1.82) is 0 Å². The van der Waals surface area contributed by atoms with Gasteiger partial charge in [-0.25, -0.2) is 4.79 Å². The van der Waals surface area contributed by atoms with Crippen LogP contribution in [0.4, 0.5) is 0 Å². The van der Waals surface area contributed by atoms with Crippen molar-refractivity contribution in [3.8, 4) is 11.5 Å². The summed E-state index contributed by atoms with van der Waals surface area (Å²) in [6.07, 6.45) is 0. The van der Waals surface area contributed by atoms with E-state index in [9.17, 15) is 9.90 Å². The molecular weight excluding hydrogens is 364 g/mol. The molecule has 27 heavy (non-hydrogen) atoms. The maximum Gasteiger partial charge on any atom is 0.352 e. The van der Waals surface area contributed by atoms with E-state index >= 15 is 0 Å². The van der Waals surface area contributed by atoms with Gasteiger partial charge in [-0.05, 0) is 48.9 Å². The summed E-state index contributed by atoms with van der Waals surface area (Å²) >= 11 is 5.87. The Kier molecular flexibility index (Phi) is 5.67. The molecule has 3 rings (SSSR count). The summed E-state index contributed by atoms with van der Waals surface area (Å²) in [6.45, 7) is 1.96. The number of rotatable bonds is 7. The van der Waals surface area contributed by atoms with Gasteiger partial charge >= 0.3 is 5.97 Å². The van der Waals surface area contributed by atoms with E-state index in [-0.39, 0.29) is 0 Å². The monoisotopic (exact) mass is 382 g/mol. The summed E-state index contributed by atoms with van der Waals surface area (Å²) in [5.41, 5.74) is 0.0336. The van der Waals surface area contributed by atoms with Gasteiger partial charge in [0.2, 0.25) is 5.60 Å². The minimum Gasteiger partial charge on any atom is -0.489 e. The number of ether oxygens (including phenoxy) is 2. The van der Waals surface area contributed by atoms with Crippen LogP contribution in [0.1, 0.15) is 18.1 Å². The zero-order valence-corrected chi connectivity index (χ0v) is 15.5. The van der Waals surface area contributed by atoms with Gasteiger partial charge < -0.3 is 14.6 Å². The van der Waals surface area contributed by atoms with Crippen LogP contribution in [0.5, 0.6) is 11.5 Å². The van der Waals surface area contributed by atoms with E-state index in [0.29, 0.717) is 28.7 Å². The first kappa shape index (κ1) is 18.8. The van der Waals surface area contributed by atoms with Crippen molar-refractivity contribution in [2.45, 2.75) is 19.1 Å². The summed E-state index contributed by atoms with van der Waals surface area (Å²) < 4.78 is 11.5. The third-order valence-corrected chi connectivity index (χ3v) is 4.45. The van der Waals surface area contributed by atoms with Gasteiger partial charge in [0.1, 0.15) is 18.1 Å². The molecule has 5 heteroatoms. The Bertz CT molecular complexity index is 892. The molecule has 0 aromatic heterocycles. The number of carbonyl (C=O) groups is 1. The minimum atomic E-state index is -1.54. The molecule has 0 aliphatic rings. The smallest absolute Gasteiger partial charge is 0.352 e. The third-order valence-electron chi connectivity index (χ3n) is 4.20. The fourth-order valence-corrected chi connectivity index (χ4v) is 2.70. The number of halogens is 1. The average Bonchev–Trinajstić information content (AvgIpc) is 2.69. The zero-order chi connectivity index (χ0) is 19.3. The molecule has 1 unspecified atom stereocenters. The van der Waals surface area contributed by atoms with Crippen LogP contribution in [0.25, 0.3) is 0 Å². The van der Waals surface area contributed by atoms with Crippen LogP contribution in [0.3, 0.4) is 0 Å². The average molecular weight is 383 g/mol. The van der Waals surface area contributed by atoms with E-state index in [1.54, 1.807) is 48.5 Å². The highest BCUT2D eigenvalue weighted by Crippen LogP contribution is 2.30. The van der Waals surface area contributed by atoms with Gasteiger partial charge in [0.05, 0.1) is 0 Å². The lowest BCUT2D eigenvalue weighted by atomic mass is 9.95. The summed E-state index contributed by atoms with van der Waals surface area (Å²) in [5, 5.41) is 10.3. The lowest BCUT2D eigenvalue weighted by Crippen LogP contribution is -2.38. The van der Waals surface area contributed by atoms with Gasteiger partial charge in [0, 0.05) is 10.6 Å². The minimum absolute atomic E-state index is 0.425. The Morgan fingerprint density at radius 3 is 2.11 bits per heavy atom. The van der Waals surface area contributed by atoms with E-state index in [4.69, 9.17) is 21.1 Å². The zero-order valence-electron chi connectivity index (χ0n) is 14.8. The number of aliphatic carboxylic acids is 1. The van der Waals surface area contributed by atoms with Gasteiger partial charge in [-0.2, -0.15) is 0 Å². The van der Waals surface area contributed by atoms with Crippen molar-refractivity contribution in [3.05, 3.63) is 95.0 Å². The molecule has 0 saturated heterocycles. The van der Waals surface area contributed by atoms with Crippen LogP contribution in [-0.2, 0) is 17.0 Å². The van der Waals surface area contributed by atoms with Crippen molar-refractivity contribution < 1.29 is 19.4 Å². The Balaban J connectivity index is 1.75. The first-order valence-electron chi connectivity index (χ1n) is 8.42. The summed E-state index contributed by atoms with van der Waals surface area (Å²) in [6, 6.07) is 23.3. The van der Waals surface area contributed by atoms with Crippen LogP contribution in [-0.4, -0.2) is 11.1 Å². The highest BCUT2D eigenvalue weighted by atomic mass is 35.5. The molecule has 0 saturated carbocycles. The second kappa shape index (κ2) is 8.14. The van der Waals surface area contributed by atoms with E-state index < -0.39 is 11.6 Å². The topological polar surface area (TPSA) is 55.8 Å². The number of hydrogen-bond acceptors (Lipinski definition) is 3. The first-order chi connectivity index (χ1) is 13.0. The molecule has 0 fully saturated rings. The molecule has 1 atom stereocenters. The van der Waals surface area contributed by atoms with Crippen LogP contribution < -0.4 is 9.47 Å². The molecule has 0 aliphatic carbocycles. The largest absolute Gasteiger partial charge is 0.489 e. The van der Waals surface area contributed by atoms with Crippen LogP contribution in [0.15, 0.2) is 78.9 Å². The number of carboxylic acids is 1. The van der Waals surface area contributed by atoms with E-state index in [1.807, 2.05) is 30.3 Å². The van der Waals surface area contributed by atoms with Crippen molar-refractivity contribution >= 4 is 17.6 Å². The Morgan fingerprint density at radius 2 is 1.52 bits per heavy atom.